The second kappa shape index (κ2) is 6.37. The Morgan fingerprint density at radius 3 is 2.62 bits per heavy atom. The van der Waals surface area contributed by atoms with Gasteiger partial charge in [-0.05, 0) is 18.1 Å². The van der Waals surface area contributed by atoms with Crippen LogP contribution in [-0.2, 0) is 13.1 Å². The minimum atomic E-state index is -0.525. The van der Waals surface area contributed by atoms with Crippen LogP contribution in [0.4, 0.5) is 5.69 Å². The van der Waals surface area contributed by atoms with Crippen molar-refractivity contribution >= 4 is 28.9 Å². The molecule has 0 spiro atoms. The van der Waals surface area contributed by atoms with E-state index in [1.165, 1.54) is 10.8 Å². The van der Waals surface area contributed by atoms with Gasteiger partial charge in [0.05, 0.1) is 16.6 Å². The smallest absolute Gasteiger partial charge is 0.331 e. The Balaban J connectivity index is 2.56. The van der Waals surface area contributed by atoms with Gasteiger partial charge in [0, 0.05) is 12.7 Å². The van der Waals surface area contributed by atoms with Crippen molar-refractivity contribution in [1.29, 1.82) is 0 Å². The molecule has 5 nitrogen and oxygen atoms in total. The van der Waals surface area contributed by atoms with Crippen molar-refractivity contribution in [3.63, 3.8) is 0 Å². The first kappa shape index (κ1) is 15.7. The van der Waals surface area contributed by atoms with Gasteiger partial charge in [0.1, 0.15) is 5.69 Å². The number of hydrogen-bond donors (Lipinski definition) is 1. The molecule has 2 N–H and O–H groups in total. The third kappa shape index (κ3) is 3.14. The third-order valence-electron chi connectivity index (χ3n) is 3.09. The minimum Gasteiger partial charge on any atom is -0.393 e. The fourth-order valence-corrected chi connectivity index (χ4v) is 2.44. The van der Waals surface area contributed by atoms with Crippen molar-refractivity contribution in [3.05, 3.63) is 60.8 Å². The molecule has 0 aliphatic carbocycles. The number of nitrogen functional groups attached to an aromatic ring is 1. The summed E-state index contributed by atoms with van der Waals surface area (Å²) in [5, 5.41) is 0.704. The van der Waals surface area contributed by atoms with Crippen LogP contribution in [0.1, 0.15) is 18.9 Å². The van der Waals surface area contributed by atoms with Crippen LogP contribution < -0.4 is 17.0 Å². The highest BCUT2D eigenvalue weighted by Crippen LogP contribution is 2.25. The number of anilines is 1. The number of aryl methyl sites for hydroxylation is 1. The lowest BCUT2D eigenvalue weighted by atomic mass is 10.2. The number of aromatic nitrogens is 2. The molecule has 1 aromatic heterocycles. The van der Waals surface area contributed by atoms with Crippen LogP contribution in [0.25, 0.3) is 0 Å². The lowest BCUT2D eigenvalue weighted by Crippen LogP contribution is -2.41. The van der Waals surface area contributed by atoms with E-state index in [4.69, 9.17) is 28.9 Å². The number of halogens is 2. The van der Waals surface area contributed by atoms with Gasteiger partial charge in [0.2, 0.25) is 0 Å². The zero-order valence-electron chi connectivity index (χ0n) is 11.5. The van der Waals surface area contributed by atoms with Crippen molar-refractivity contribution in [3.8, 4) is 0 Å². The van der Waals surface area contributed by atoms with E-state index in [1.54, 1.807) is 18.2 Å². The number of benzene rings is 1. The van der Waals surface area contributed by atoms with Gasteiger partial charge in [-0.25, -0.2) is 4.79 Å². The second-order valence-corrected chi connectivity index (χ2v) is 5.45. The van der Waals surface area contributed by atoms with Crippen LogP contribution >= 0.6 is 23.2 Å². The van der Waals surface area contributed by atoms with E-state index in [-0.39, 0.29) is 12.2 Å². The van der Waals surface area contributed by atoms with Gasteiger partial charge < -0.3 is 5.73 Å². The van der Waals surface area contributed by atoms with Gasteiger partial charge in [-0.15, -0.1) is 0 Å². The number of rotatable bonds is 4. The highest BCUT2D eigenvalue weighted by Gasteiger charge is 2.12. The van der Waals surface area contributed by atoms with Crippen molar-refractivity contribution in [1.82, 2.24) is 9.13 Å². The molecule has 0 aliphatic rings. The van der Waals surface area contributed by atoms with Crippen LogP contribution in [0.15, 0.2) is 34.0 Å². The summed E-state index contributed by atoms with van der Waals surface area (Å²) in [5.74, 6) is 0. The summed E-state index contributed by atoms with van der Waals surface area (Å²) in [6, 6.07) is 5.07. The van der Waals surface area contributed by atoms with Gasteiger partial charge in [0.25, 0.3) is 5.56 Å². The molecule has 7 heteroatoms. The van der Waals surface area contributed by atoms with Crippen LogP contribution in [0.5, 0.6) is 0 Å². The van der Waals surface area contributed by atoms with Crippen molar-refractivity contribution in [2.45, 2.75) is 26.4 Å². The molecule has 0 saturated carbocycles. The average molecular weight is 328 g/mol. The van der Waals surface area contributed by atoms with Crippen LogP contribution in [-0.4, -0.2) is 9.13 Å². The first-order valence-corrected chi connectivity index (χ1v) is 7.24. The zero-order valence-corrected chi connectivity index (χ0v) is 13.0. The molecule has 0 bridgehead atoms. The Kier molecular flexibility index (Phi) is 4.75. The second-order valence-electron chi connectivity index (χ2n) is 4.66. The van der Waals surface area contributed by atoms with Crippen LogP contribution in [0.3, 0.4) is 0 Å². The molecule has 112 valence electrons. The first-order valence-electron chi connectivity index (χ1n) is 6.48. The summed E-state index contributed by atoms with van der Waals surface area (Å²) in [5.41, 5.74) is 5.38. The van der Waals surface area contributed by atoms with E-state index < -0.39 is 11.2 Å². The molecular weight excluding hydrogens is 313 g/mol. The van der Waals surface area contributed by atoms with Gasteiger partial charge in [-0.3, -0.25) is 13.9 Å². The summed E-state index contributed by atoms with van der Waals surface area (Å²) in [4.78, 5) is 24.4. The molecule has 0 atom stereocenters. The van der Waals surface area contributed by atoms with Crippen LogP contribution in [0, 0.1) is 0 Å². The Morgan fingerprint density at radius 2 is 1.95 bits per heavy atom. The summed E-state index contributed by atoms with van der Waals surface area (Å²) < 4.78 is 2.50. The maximum Gasteiger partial charge on any atom is 0.331 e. The van der Waals surface area contributed by atoms with Crippen molar-refractivity contribution in [2.75, 3.05) is 5.73 Å². The lowest BCUT2D eigenvalue weighted by Gasteiger charge is -2.12. The minimum absolute atomic E-state index is 0.0289. The SMILES string of the molecule is CCCn1cc(N)c(=O)n(Cc2cccc(Cl)c2Cl)c1=O. The maximum atomic E-state index is 12.3. The molecule has 2 rings (SSSR count). The lowest BCUT2D eigenvalue weighted by molar-refractivity contribution is 0.573. The molecule has 0 unspecified atom stereocenters. The summed E-state index contributed by atoms with van der Waals surface area (Å²) in [6.07, 6.45) is 2.14. The first-order chi connectivity index (χ1) is 9.95. The molecule has 0 radical (unpaired) electrons. The molecule has 1 aromatic carbocycles. The van der Waals surface area contributed by atoms with Gasteiger partial charge in [-0.2, -0.15) is 0 Å². The normalized spacial score (nSPS) is 10.8. The maximum absolute atomic E-state index is 12.3. The van der Waals surface area contributed by atoms with Crippen molar-refractivity contribution in [2.24, 2.45) is 0 Å². The monoisotopic (exact) mass is 327 g/mol. The average Bonchev–Trinajstić information content (AvgIpc) is 2.45. The van der Waals surface area contributed by atoms with E-state index in [0.717, 1.165) is 11.0 Å². The van der Waals surface area contributed by atoms with E-state index in [9.17, 15) is 9.59 Å². The molecule has 2 aromatic rings. The van der Waals surface area contributed by atoms with Crippen LogP contribution in [0.2, 0.25) is 10.0 Å². The number of nitrogens with zero attached hydrogens (tertiary/aromatic N) is 2. The molecule has 0 fully saturated rings. The summed E-state index contributed by atoms with van der Waals surface area (Å²) in [6.45, 7) is 2.46. The molecule has 0 amide bonds. The quantitative estimate of drug-likeness (QED) is 0.937. The van der Waals surface area contributed by atoms with E-state index in [0.29, 0.717) is 22.2 Å². The van der Waals surface area contributed by atoms with Crippen molar-refractivity contribution < 1.29 is 0 Å². The molecule has 0 aliphatic heterocycles. The number of hydrogen-bond acceptors (Lipinski definition) is 3. The Labute approximate surface area is 131 Å². The Bertz CT molecular complexity index is 781. The molecule has 21 heavy (non-hydrogen) atoms. The van der Waals surface area contributed by atoms with Gasteiger partial charge >= 0.3 is 5.69 Å². The zero-order chi connectivity index (χ0) is 15.6. The highest BCUT2D eigenvalue weighted by atomic mass is 35.5. The van der Waals surface area contributed by atoms with E-state index in [2.05, 4.69) is 0 Å². The Hall–Kier alpha value is -1.72. The highest BCUT2D eigenvalue weighted by molar-refractivity contribution is 6.42. The topological polar surface area (TPSA) is 70.0 Å². The predicted octanol–water partition coefficient (Wildman–Crippen LogP) is 2.36. The summed E-state index contributed by atoms with van der Waals surface area (Å²) >= 11 is 12.0. The van der Waals surface area contributed by atoms with E-state index in [1.807, 2.05) is 6.92 Å². The number of nitrogens with two attached hydrogens (primary N) is 1. The van der Waals surface area contributed by atoms with Gasteiger partial charge in [0.15, 0.2) is 0 Å². The molecule has 1 heterocycles. The van der Waals surface area contributed by atoms with E-state index >= 15 is 0 Å². The third-order valence-corrected chi connectivity index (χ3v) is 3.95. The fourth-order valence-electron chi connectivity index (χ4n) is 2.06. The Morgan fingerprint density at radius 1 is 1.24 bits per heavy atom. The van der Waals surface area contributed by atoms with Gasteiger partial charge in [-0.1, -0.05) is 42.3 Å². The molecule has 0 saturated heterocycles. The standard InChI is InChI=1S/C14H15Cl2N3O2/c1-2-6-18-8-11(17)13(20)19(14(18)21)7-9-4-3-5-10(15)12(9)16/h3-5,8H,2,6-7,17H2,1H3. The predicted molar refractivity (Wildman–Crippen MR) is 85.2 cm³/mol. The molecular formula is C14H15Cl2N3O2. The summed E-state index contributed by atoms with van der Waals surface area (Å²) in [7, 11) is 0. The fraction of sp³-hybridized carbons (Fsp3) is 0.286. The largest absolute Gasteiger partial charge is 0.393 e.